The lowest BCUT2D eigenvalue weighted by Crippen LogP contribution is -2.16. The van der Waals surface area contributed by atoms with Crippen molar-refractivity contribution < 1.29 is 13.2 Å². The Bertz CT molecular complexity index is 1050. The van der Waals surface area contributed by atoms with Crippen molar-refractivity contribution in [2.75, 3.05) is 17.1 Å². The van der Waals surface area contributed by atoms with Gasteiger partial charge < -0.3 is 10.1 Å². The highest BCUT2D eigenvalue weighted by Gasteiger charge is 2.21. The van der Waals surface area contributed by atoms with E-state index in [2.05, 4.69) is 25.2 Å². The van der Waals surface area contributed by atoms with Crippen molar-refractivity contribution in [1.82, 2.24) is 15.2 Å². The molecule has 2 heterocycles. The summed E-state index contributed by atoms with van der Waals surface area (Å²) in [5.74, 6) is 0.918. The molecule has 0 unspecified atom stereocenters. The highest BCUT2D eigenvalue weighted by atomic mass is 32.2. The van der Waals surface area contributed by atoms with Gasteiger partial charge in [-0.3, -0.25) is 9.71 Å². The normalized spacial score (nSPS) is 11.1. The largest absolute Gasteiger partial charge is 0.495 e. The Balaban J connectivity index is 1.73. The molecule has 28 heavy (non-hydrogen) atoms. The highest BCUT2D eigenvalue weighted by molar-refractivity contribution is 7.92. The third-order valence-corrected chi connectivity index (χ3v) is 5.55. The van der Waals surface area contributed by atoms with Crippen LogP contribution in [0, 0.1) is 13.8 Å². The van der Waals surface area contributed by atoms with E-state index in [1.165, 1.54) is 7.11 Å². The van der Waals surface area contributed by atoms with E-state index in [9.17, 15) is 8.42 Å². The zero-order valence-corrected chi connectivity index (χ0v) is 16.6. The number of pyridine rings is 1. The number of ether oxygens (including phenoxy) is 1. The second-order valence-electron chi connectivity index (χ2n) is 6.21. The van der Waals surface area contributed by atoms with Crippen molar-refractivity contribution in [3.63, 3.8) is 0 Å². The molecule has 0 fully saturated rings. The molecule has 2 aromatic heterocycles. The summed E-state index contributed by atoms with van der Waals surface area (Å²) >= 11 is 0. The molecule has 9 heteroatoms. The van der Waals surface area contributed by atoms with Gasteiger partial charge in [-0.25, -0.2) is 8.42 Å². The van der Waals surface area contributed by atoms with Crippen molar-refractivity contribution in [1.29, 1.82) is 0 Å². The van der Waals surface area contributed by atoms with E-state index in [-0.39, 0.29) is 16.5 Å². The van der Waals surface area contributed by atoms with Crippen LogP contribution in [0.4, 0.5) is 11.6 Å². The minimum atomic E-state index is -3.87. The Morgan fingerprint density at radius 3 is 2.39 bits per heavy atom. The Morgan fingerprint density at radius 2 is 1.75 bits per heavy atom. The van der Waals surface area contributed by atoms with Gasteiger partial charge in [0.2, 0.25) is 0 Å². The number of hydrogen-bond acceptors (Lipinski definition) is 7. The van der Waals surface area contributed by atoms with Crippen LogP contribution in [0.15, 0.2) is 53.7 Å². The maximum absolute atomic E-state index is 12.8. The molecule has 146 valence electrons. The Hall–Kier alpha value is -3.20. The molecule has 8 nitrogen and oxygen atoms in total. The van der Waals surface area contributed by atoms with Crippen LogP contribution < -0.4 is 14.8 Å². The minimum absolute atomic E-state index is 0.0543. The average molecular weight is 399 g/mol. The smallest absolute Gasteiger partial charge is 0.266 e. The second kappa shape index (κ2) is 8.22. The lowest BCUT2D eigenvalue weighted by Gasteiger charge is -2.13. The molecular weight excluding hydrogens is 378 g/mol. The first-order valence-corrected chi connectivity index (χ1v) is 10.0. The molecule has 0 atom stereocenters. The van der Waals surface area contributed by atoms with Crippen LogP contribution in [0.5, 0.6) is 5.75 Å². The first-order valence-electron chi connectivity index (χ1n) is 8.53. The van der Waals surface area contributed by atoms with Crippen LogP contribution in [0.3, 0.4) is 0 Å². The summed E-state index contributed by atoms with van der Waals surface area (Å²) in [7, 11) is -2.43. The molecule has 0 saturated carbocycles. The van der Waals surface area contributed by atoms with E-state index in [0.29, 0.717) is 12.4 Å². The number of nitrogens with one attached hydrogen (secondary N) is 2. The van der Waals surface area contributed by atoms with Gasteiger partial charge in [0, 0.05) is 18.9 Å². The number of aromatic nitrogens is 3. The van der Waals surface area contributed by atoms with E-state index in [1.54, 1.807) is 36.7 Å². The summed E-state index contributed by atoms with van der Waals surface area (Å²) in [6.07, 6.45) is 3.45. The number of rotatable bonds is 7. The molecule has 0 aliphatic carbocycles. The minimum Gasteiger partial charge on any atom is -0.495 e. The fourth-order valence-corrected chi connectivity index (χ4v) is 3.73. The highest BCUT2D eigenvalue weighted by Crippen LogP contribution is 2.28. The van der Waals surface area contributed by atoms with Crippen LogP contribution in [0.1, 0.15) is 16.7 Å². The fourth-order valence-electron chi connectivity index (χ4n) is 2.50. The number of aryl methyl sites for hydroxylation is 2. The summed E-state index contributed by atoms with van der Waals surface area (Å²) in [6, 6.07) is 10.3. The van der Waals surface area contributed by atoms with Gasteiger partial charge in [-0.2, -0.15) is 0 Å². The van der Waals surface area contributed by atoms with Crippen molar-refractivity contribution >= 4 is 21.7 Å². The molecule has 0 bridgehead atoms. The SMILES string of the molecule is COc1cc(C)c(C)cc1S(=O)(=O)Nc1ccc(NCc2cccnc2)nn1. The van der Waals surface area contributed by atoms with Gasteiger partial charge in [-0.05, 0) is 60.9 Å². The molecule has 0 saturated heterocycles. The Morgan fingerprint density at radius 1 is 1.04 bits per heavy atom. The van der Waals surface area contributed by atoms with E-state index in [1.807, 2.05) is 26.0 Å². The number of hydrogen-bond donors (Lipinski definition) is 2. The molecule has 0 aliphatic rings. The van der Waals surface area contributed by atoms with Crippen LogP contribution >= 0.6 is 0 Å². The quantitative estimate of drug-likeness (QED) is 0.629. The summed E-state index contributed by atoms with van der Waals surface area (Å²) < 4.78 is 33.2. The zero-order valence-electron chi connectivity index (χ0n) is 15.8. The molecule has 0 radical (unpaired) electrons. The lowest BCUT2D eigenvalue weighted by molar-refractivity contribution is 0.402. The molecule has 2 N–H and O–H groups in total. The Kier molecular flexibility index (Phi) is 5.74. The third-order valence-electron chi connectivity index (χ3n) is 4.17. The number of nitrogens with zero attached hydrogens (tertiary/aromatic N) is 3. The monoisotopic (exact) mass is 399 g/mol. The van der Waals surface area contributed by atoms with E-state index >= 15 is 0 Å². The summed E-state index contributed by atoms with van der Waals surface area (Å²) in [5.41, 5.74) is 2.79. The van der Waals surface area contributed by atoms with Crippen LogP contribution in [-0.2, 0) is 16.6 Å². The molecule has 0 amide bonds. The molecular formula is C19H21N5O3S. The lowest BCUT2D eigenvalue weighted by atomic mass is 10.1. The first kappa shape index (κ1) is 19.6. The number of benzene rings is 1. The molecule has 3 aromatic rings. The predicted octanol–water partition coefficient (Wildman–Crippen LogP) is 2.91. The van der Waals surface area contributed by atoms with E-state index in [0.717, 1.165) is 16.7 Å². The van der Waals surface area contributed by atoms with Crippen molar-refractivity contribution in [3.8, 4) is 5.75 Å². The van der Waals surface area contributed by atoms with Gasteiger partial charge in [0.15, 0.2) is 5.82 Å². The Labute approximate surface area is 164 Å². The van der Waals surface area contributed by atoms with Gasteiger partial charge in [0.1, 0.15) is 16.5 Å². The molecule has 0 aliphatic heterocycles. The van der Waals surface area contributed by atoms with E-state index in [4.69, 9.17) is 4.74 Å². The van der Waals surface area contributed by atoms with Crippen LogP contribution in [0.25, 0.3) is 0 Å². The molecule has 3 rings (SSSR count). The van der Waals surface area contributed by atoms with Gasteiger partial charge in [0.25, 0.3) is 10.0 Å². The summed E-state index contributed by atoms with van der Waals surface area (Å²) in [6.45, 7) is 4.27. The van der Waals surface area contributed by atoms with Crippen molar-refractivity contribution in [2.24, 2.45) is 0 Å². The topological polar surface area (TPSA) is 106 Å². The van der Waals surface area contributed by atoms with Gasteiger partial charge in [0.05, 0.1) is 7.11 Å². The maximum atomic E-state index is 12.8. The standard InChI is InChI=1S/C19H21N5O3S/c1-13-9-16(27-3)17(10-14(13)2)28(25,26)24-19-7-6-18(22-23-19)21-12-15-5-4-8-20-11-15/h4-11H,12H2,1-3H3,(H,21,22)(H,23,24). The molecule has 1 aromatic carbocycles. The van der Waals surface area contributed by atoms with Crippen molar-refractivity contribution in [3.05, 3.63) is 65.5 Å². The number of methoxy groups -OCH3 is 1. The summed E-state index contributed by atoms with van der Waals surface area (Å²) in [5, 5.41) is 11.0. The predicted molar refractivity (Wildman–Crippen MR) is 107 cm³/mol. The summed E-state index contributed by atoms with van der Waals surface area (Å²) in [4.78, 5) is 4.10. The van der Waals surface area contributed by atoms with Gasteiger partial charge in [-0.1, -0.05) is 6.07 Å². The first-order chi connectivity index (χ1) is 13.4. The third kappa shape index (κ3) is 4.55. The number of anilines is 2. The van der Waals surface area contributed by atoms with Crippen molar-refractivity contribution in [2.45, 2.75) is 25.3 Å². The van der Waals surface area contributed by atoms with Crippen LogP contribution in [0.2, 0.25) is 0 Å². The van der Waals surface area contributed by atoms with Gasteiger partial charge in [-0.15, -0.1) is 10.2 Å². The molecule has 0 spiro atoms. The second-order valence-corrected chi connectivity index (χ2v) is 7.86. The van der Waals surface area contributed by atoms with E-state index < -0.39 is 10.0 Å². The number of sulfonamides is 1. The fraction of sp³-hybridized carbons (Fsp3) is 0.211. The maximum Gasteiger partial charge on any atom is 0.266 e. The zero-order chi connectivity index (χ0) is 20.1. The van der Waals surface area contributed by atoms with Gasteiger partial charge >= 0.3 is 0 Å². The average Bonchev–Trinajstić information content (AvgIpc) is 2.69. The van der Waals surface area contributed by atoms with Crippen LogP contribution in [-0.4, -0.2) is 30.7 Å².